The van der Waals surface area contributed by atoms with E-state index < -0.39 is 12.1 Å². The summed E-state index contributed by atoms with van der Waals surface area (Å²) >= 11 is 0. The number of benzodiazepines with no additional fused rings is 1. The van der Waals surface area contributed by atoms with Crippen LogP contribution >= 0.6 is 0 Å². The molecule has 8 heteroatoms. The van der Waals surface area contributed by atoms with Gasteiger partial charge in [-0.25, -0.2) is 4.99 Å². The zero-order valence-electron chi connectivity index (χ0n) is 20.5. The average Bonchev–Trinajstić information content (AvgIpc) is 3.06. The molecule has 3 aromatic carbocycles. The Bertz CT molecular complexity index is 1330. The lowest BCUT2D eigenvalue weighted by molar-refractivity contribution is -0.117. The van der Waals surface area contributed by atoms with Crippen LogP contribution in [0.3, 0.4) is 0 Å². The van der Waals surface area contributed by atoms with Gasteiger partial charge in [0.15, 0.2) is 0 Å². The summed E-state index contributed by atoms with van der Waals surface area (Å²) in [5.41, 5.74) is 10.5. The van der Waals surface area contributed by atoms with Gasteiger partial charge < -0.3 is 21.1 Å². The van der Waals surface area contributed by atoms with Crippen molar-refractivity contribution in [1.82, 2.24) is 0 Å². The van der Waals surface area contributed by atoms with Crippen LogP contribution in [-0.2, 0) is 9.53 Å². The number of anilines is 2. The van der Waals surface area contributed by atoms with Gasteiger partial charge in [0.05, 0.1) is 11.4 Å². The molecule has 1 heterocycles. The maximum atomic E-state index is 12.9. The number of aliphatic imine (C=N–C) groups is 2. The predicted molar refractivity (Wildman–Crippen MR) is 147 cm³/mol. The Morgan fingerprint density at radius 1 is 0.973 bits per heavy atom. The average molecular weight is 495 g/mol. The Balaban J connectivity index is 1.32. The number of hydrogen-bond acceptors (Lipinski definition) is 6. The number of nitrogens with two attached hydrogens (primary N) is 1. The van der Waals surface area contributed by atoms with Crippen LogP contribution in [0.25, 0.3) is 0 Å². The standard InChI is InChI=1S/C29H30N6O2/c30-26(20-15-17-22(18-16-20)32-21-11-5-2-6-12-21)37-29(31)35-27-28(36)33-24-14-8-7-13-23(24)25(34-27)19-9-3-1-4-10-19/h1,3-4,7-10,13-18,21,27,30,32H,2,5-6,11-12H2,(H2,31,35)(H,33,36). The van der Waals surface area contributed by atoms with Gasteiger partial charge in [0.2, 0.25) is 12.1 Å². The van der Waals surface area contributed by atoms with Crippen molar-refractivity contribution in [3.63, 3.8) is 0 Å². The summed E-state index contributed by atoms with van der Waals surface area (Å²) in [6.07, 6.45) is 5.02. The summed E-state index contributed by atoms with van der Waals surface area (Å²) < 4.78 is 5.48. The Hall–Kier alpha value is -4.46. The molecule has 1 saturated carbocycles. The summed E-state index contributed by atoms with van der Waals surface area (Å²) in [6, 6.07) is 24.7. The molecule has 188 valence electrons. The fourth-order valence-corrected chi connectivity index (χ4v) is 4.67. The molecule has 0 saturated heterocycles. The van der Waals surface area contributed by atoms with E-state index in [1.54, 1.807) is 12.1 Å². The van der Waals surface area contributed by atoms with Crippen molar-refractivity contribution in [2.75, 3.05) is 10.6 Å². The Morgan fingerprint density at radius 3 is 2.43 bits per heavy atom. The van der Waals surface area contributed by atoms with Gasteiger partial charge in [-0.3, -0.25) is 10.2 Å². The van der Waals surface area contributed by atoms with Crippen LogP contribution in [0.2, 0.25) is 0 Å². The number of para-hydroxylation sites is 1. The molecule has 8 nitrogen and oxygen atoms in total. The van der Waals surface area contributed by atoms with E-state index in [0.717, 1.165) is 16.8 Å². The van der Waals surface area contributed by atoms with E-state index in [-0.39, 0.29) is 11.9 Å². The fourth-order valence-electron chi connectivity index (χ4n) is 4.67. The first-order chi connectivity index (χ1) is 18.1. The molecule has 0 bridgehead atoms. The van der Waals surface area contributed by atoms with Crippen molar-refractivity contribution in [2.45, 2.75) is 44.3 Å². The van der Waals surface area contributed by atoms with Crippen molar-refractivity contribution in [1.29, 1.82) is 5.41 Å². The van der Waals surface area contributed by atoms with Crippen LogP contribution < -0.4 is 16.4 Å². The normalized spacial score (nSPS) is 18.2. The van der Waals surface area contributed by atoms with Gasteiger partial charge in [0, 0.05) is 28.4 Å². The summed E-state index contributed by atoms with van der Waals surface area (Å²) in [6.45, 7) is 0. The number of nitrogens with one attached hydrogen (secondary N) is 3. The van der Waals surface area contributed by atoms with Crippen molar-refractivity contribution < 1.29 is 9.53 Å². The van der Waals surface area contributed by atoms with E-state index in [0.29, 0.717) is 23.0 Å². The van der Waals surface area contributed by atoms with Crippen molar-refractivity contribution in [3.05, 3.63) is 95.6 Å². The van der Waals surface area contributed by atoms with Crippen LogP contribution in [0.4, 0.5) is 11.4 Å². The molecular formula is C29H30N6O2. The van der Waals surface area contributed by atoms with Crippen LogP contribution in [0.15, 0.2) is 88.8 Å². The quantitative estimate of drug-likeness (QED) is 0.297. The monoisotopic (exact) mass is 494 g/mol. The molecule has 1 aliphatic carbocycles. The van der Waals surface area contributed by atoms with Gasteiger partial charge in [0.25, 0.3) is 11.9 Å². The third-order valence-electron chi connectivity index (χ3n) is 6.55. The fraction of sp³-hybridized carbons (Fsp3) is 0.241. The van der Waals surface area contributed by atoms with Gasteiger partial charge in [-0.15, -0.1) is 0 Å². The first-order valence-corrected chi connectivity index (χ1v) is 12.6. The van der Waals surface area contributed by atoms with Gasteiger partial charge in [-0.2, -0.15) is 4.99 Å². The number of amidine groups is 1. The van der Waals surface area contributed by atoms with Gasteiger partial charge in [-0.1, -0.05) is 67.8 Å². The molecule has 0 radical (unpaired) electrons. The van der Waals surface area contributed by atoms with E-state index in [1.807, 2.05) is 66.7 Å². The maximum Gasteiger partial charge on any atom is 0.291 e. The second kappa shape index (κ2) is 11.1. The second-order valence-corrected chi connectivity index (χ2v) is 9.21. The van der Waals surface area contributed by atoms with Crippen LogP contribution in [-0.4, -0.2) is 35.7 Å². The summed E-state index contributed by atoms with van der Waals surface area (Å²) in [5, 5.41) is 14.8. The molecule has 3 aromatic rings. The number of carbonyl (C=O) groups is 1. The summed E-state index contributed by atoms with van der Waals surface area (Å²) in [7, 11) is 0. The van der Waals surface area contributed by atoms with Crippen molar-refractivity contribution in [2.24, 2.45) is 15.7 Å². The number of hydrogen-bond donors (Lipinski definition) is 4. The van der Waals surface area contributed by atoms with Crippen molar-refractivity contribution >= 4 is 34.9 Å². The molecule has 1 atom stereocenters. The largest absolute Gasteiger partial charge is 0.407 e. The number of carbonyl (C=O) groups excluding carboxylic acids is 1. The number of fused-ring (bicyclic) bond motifs is 1. The number of amides is 1. The van der Waals surface area contributed by atoms with Gasteiger partial charge >= 0.3 is 0 Å². The minimum absolute atomic E-state index is 0.157. The minimum Gasteiger partial charge on any atom is -0.407 e. The number of benzene rings is 3. The van der Waals surface area contributed by atoms with Gasteiger partial charge in [0.1, 0.15) is 0 Å². The molecule has 37 heavy (non-hydrogen) atoms. The Kier molecular flexibility index (Phi) is 7.26. The van der Waals surface area contributed by atoms with E-state index in [9.17, 15) is 4.79 Å². The van der Waals surface area contributed by atoms with Gasteiger partial charge in [-0.05, 0) is 43.2 Å². The second-order valence-electron chi connectivity index (χ2n) is 9.21. The molecule has 5 rings (SSSR count). The van der Waals surface area contributed by atoms with E-state index in [2.05, 4.69) is 20.6 Å². The molecule has 1 amide bonds. The molecule has 1 unspecified atom stereocenters. The zero-order valence-corrected chi connectivity index (χ0v) is 20.5. The highest BCUT2D eigenvalue weighted by atomic mass is 16.5. The first kappa shape index (κ1) is 24.2. The minimum atomic E-state index is -1.17. The van der Waals surface area contributed by atoms with Crippen molar-refractivity contribution in [3.8, 4) is 0 Å². The zero-order chi connectivity index (χ0) is 25.6. The molecule has 5 N–H and O–H groups in total. The number of ether oxygens (including phenoxy) is 1. The SMILES string of the molecule is N=C(OC(N)=NC1N=C(c2ccccc2)c2ccccc2NC1=O)c1ccc(NC2CCCCC2)cc1. The highest BCUT2D eigenvalue weighted by molar-refractivity contribution is 6.19. The molecule has 1 aliphatic heterocycles. The van der Waals surface area contributed by atoms with Crippen LogP contribution in [0, 0.1) is 5.41 Å². The predicted octanol–water partition coefficient (Wildman–Crippen LogP) is 4.90. The third-order valence-corrected chi connectivity index (χ3v) is 6.55. The lowest BCUT2D eigenvalue weighted by Crippen LogP contribution is -2.29. The smallest absolute Gasteiger partial charge is 0.291 e. The number of rotatable bonds is 5. The van der Waals surface area contributed by atoms with E-state index in [1.165, 1.54) is 32.1 Å². The third kappa shape index (κ3) is 5.86. The Morgan fingerprint density at radius 2 is 1.68 bits per heavy atom. The van der Waals surface area contributed by atoms with Crippen LogP contribution in [0.5, 0.6) is 0 Å². The molecule has 1 fully saturated rings. The first-order valence-electron chi connectivity index (χ1n) is 12.6. The maximum absolute atomic E-state index is 12.9. The lowest BCUT2D eigenvalue weighted by atomic mass is 9.95. The summed E-state index contributed by atoms with van der Waals surface area (Å²) in [4.78, 5) is 21.8. The molecular weight excluding hydrogens is 464 g/mol. The molecule has 0 aromatic heterocycles. The van der Waals surface area contributed by atoms with E-state index in [4.69, 9.17) is 15.9 Å². The number of nitrogens with zero attached hydrogens (tertiary/aromatic N) is 2. The molecule has 2 aliphatic rings. The van der Waals surface area contributed by atoms with Crippen LogP contribution in [0.1, 0.15) is 48.8 Å². The summed E-state index contributed by atoms with van der Waals surface area (Å²) in [5.74, 6) is -0.593. The van der Waals surface area contributed by atoms with E-state index >= 15 is 0 Å². The highest BCUT2D eigenvalue weighted by Gasteiger charge is 2.26. The topological polar surface area (TPSA) is 125 Å². The Labute approximate surface area is 216 Å². The lowest BCUT2D eigenvalue weighted by Gasteiger charge is -2.23. The highest BCUT2D eigenvalue weighted by Crippen LogP contribution is 2.25. The molecule has 0 spiro atoms.